The van der Waals surface area contributed by atoms with Crippen LogP contribution in [-0.2, 0) is 22.4 Å². The average molecular weight is 695 g/mol. The fourth-order valence-corrected chi connectivity index (χ4v) is 6.07. The Kier molecular flexibility index (Phi) is 21.0. The van der Waals surface area contributed by atoms with E-state index in [4.69, 9.17) is 0 Å². The topological polar surface area (TPSA) is 157 Å². The zero-order valence-corrected chi connectivity index (χ0v) is 30.7. The number of phenols is 2. The molecule has 0 fully saturated rings. The molecule has 2 aromatic carbocycles. The number of carbonyl (C=O) groups is 4. The highest BCUT2D eigenvalue weighted by Gasteiger charge is 2.21. The summed E-state index contributed by atoms with van der Waals surface area (Å²) in [5, 5.41) is 21.4. The van der Waals surface area contributed by atoms with Gasteiger partial charge in [0.25, 0.3) is 11.8 Å². The van der Waals surface area contributed by atoms with Gasteiger partial charge in [-0.3, -0.25) is 40.9 Å². The molecule has 0 aliphatic heterocycles. The number of benzene rings is 2. The minimum atomic E-state index is -0.601. The number of nitrogens with one attached hydrogen (secondary N) is 4. The maximum absolute atomic E-state index is 13.2. The van der Waals surface area contributed by atoms with Crippen LogP contribution < -0.4 is 21.7 Å². The second kappa shape index (κ2) is 25.0. The van der Waals surface area contributed by atoms with Crippen LogP contribution >= 0.6 is 0 Å². The number of hydrogen-bond donors (Lipinski definition) is 6. The van der Waals surface area contributed by atoms with Gasteiger partial charge in [0, 0.05) is 12.3 Å². The van der Waals surface area contributed by atoms with Crippen LogP contribution in [0.4, 0.5) is 0 Å². The molecule has 1 unspecified atom stereocenters. The van der Waals surface area contributed by atoms with Crippen LogP contribution in [0.5, 0.6) is 11.5 Å². The largest absolute Gasteiger partial charge is 0.507 e. The second-order valence-corrected chi connectivity index (χ2v) is 13.3. The molecule has 10 heteroatoms. The van der Waals surface area contributed by atoms with E-state index in [1.807, 2.05) is 12.1 Å². The highest BCUT2D eigenvalue weighted by atomic mass is 16.3. The third-order valence-electron chi connectivity index (χ3n) is 9.18. The van der Waals surface area contributed by atoms with Crippen LogP contribution in [0.3, 0.4) is 0 Å². The zero-order valence-electron chi connectivity index (χ0n) is 30.7. The molecule has 0 spiro atoms. The van der Waals surface area contributed by atoms with Crippen LogP contribution in [0.25, 0.3) is 0 Å². The number of carbonyl (C=O) groups excluding carboxylic acids is 4. The van der Waals surface area contributed by atoms with Gasteiger partial charge in [-0.05, 0) is 68.2 Å². The van der Waals surface area contributed by atoms with Crippen molar-refractivity contribution < 1.29 is 29.4 Å². The Morgan fingerprint density at radius 2 is 0.980 bits per heavy atom. The Morgan fingerprint density at radius 3 is 1.48 bits per heavy atom. The molecule has 0 saturated heterocycles. The number of hydrazine groups is 2. The highest BCUT2D eigenvalue weighted by Crippen LogP contribution is 2.26. The molecule has 0 aliphatic carbocycles. The summed E-state index contributed by atoms with van der Waals surface area (Å²) in [6.07, 6.45) is 17.7. The van der Waals surface area contributed by atoms with Crippen molar-refractivity contribution in [1.82, 2.24) is 21.7 Å². The lowest BCUT2D eigenvalue weighted by Gasteiger charge is -2.18. The van der Waals surface area contributed by atoms with Crippen molar-refractivity contribution >= 4 is 23.6 Å². The summed E-state index contributed by atoms with van der Waals surface area (Å²) in [5.41, 5.74) is 11.4. The molecule has 6 N–H and O–H groups in total. The van der Waals surface area contributed by atoms with E-state index in [2.05, 4.69) is 42.5 Å². The third-order valence-corrected chi connectivity index (χ3v) is 9.18. The van der Waals surface area contributed by atoms with Crippen LogP contribution in [-0.4, -0.2) is 33.8 Å². The van der Waals surface area contributed by atoms with E-state index >= 15 is 0 Å². The number of unbranched alkanes of at least 4 members (excludes halogenated alkanes) is 11. The Hall–Kier alpha value is -4.08. The normalized spacial score (nSPS) is 11.5. The van der Waals surface area contributed by atoms with Crippen LogP contribution in [0.2, 0.25) is 0 Å². The van der Waals surface area contributed by atoms with Gasteiger partial charge in [0.15, 0.2) is 0 Å². The fraction of sp³-hybridized carbons (Fsp3) is 0.600. The second-order valence-electron chi connectivity index (χ2n) is 13.3. The number of hydrogen-bond acceptors (Lipinski definition) is 6. The molecule has 0 heterocycles. The summed E-state index contributed by atoms with van der Waals surface area (Å²) in [6.45, 7) is 6.43. The highest BCUT2D eigenvalue weighted by molar-refractivity contribution is 5.99. The van der Waals surface area contributed by atoms with Crippen molar-refractivity contribution in [2.45, 2.75) is 149 Å². The minimum absolute atomic E-state index is 0.0651. The van der Waals surface area contributed by atoms with Gasteiger partial charge in [-0.1, -0.05) is 122 Å². The first-order chi connectivity index (χ1) is 24.2. The van der Waals surface area contributed by atoms with E-state index < -0.39 is 23.6 Å². The maximum atomic E-state index is 13.2. The summed E-state index contributed by atoms with van der Waals surface area (Å²) in [7, 11) is 0. The van der Waals surface area contributed by atoms with E-state index in [0.717, 1.165) is 77.0 Å². The maximum Gasteiger partial charge on any atom is 0.273 e. The smallest absolute Gasteiger partial charge is 0.273 e. The molecule has 0 bridgehead atoms. The van der Waals surface area contributed by atoms with Crippen LogP contribution in [0.15, 0.2) is 36.4 Å². The predicted molar refractivity (Wildman–Crippen MR) is 198 cm³/mol. The molecule has 0 saturated carbocycles. The van der Waals surface area contributed by atoms with Gasteiger partial charge in [0.1, 0.15) is 11.5 Å². The van der Waals surface area contributed by atoms with Crippen molar-refractivity contribution in [2.24, 2.45) is 5.92 Å². The summed E-state index contributed by atoms with van der Waals surface area (Å²) in [5.74, 6) is -2.52. The molecule has 0 radical (unpaired) electrons. The van der Waals surface area contributed by atoms with Gasteiger partial charge in [0.05, 0.1) is 11.1 Å². The number of para-hydroxylation sites is 2. The molecule has 50 heavy (non-hydrogen) atoms. The van der Waals surface area contributed by atoms with E-state index in [9.17, 15) is 29.4 Å². The first kappa shape index (κ1) is 42.1. The van der Waals surface area contributed by atoms with Gasteiger partial charge >= 0.3 is 0 Å². The summed E-state index contributed by atoms with van der Waals surface area (Å²) in [4.78, 5) is 51.4. The van der Waals surface area contributed by atoms with Gasteiger partial charge in [-0.25, -0.2) is 0 Å². The number of aromatic hydroxyl groups is 2. The summed E-state index contributed by atoms with van der Waals surface area (Å²) < 4.78 is 0. The summed E-state index contributed by atoms with van der Waals surface area (Å²) in [6, 6.07) is 10.1. The van der Waals surface area contributed by atoms with E-state index in [1.54, 1.807) is 12.1 Å². The molecule has 0 aliphatic rings. The lowest BCUT2D eigenvalue weighted by atomic mass is 9.94. The number of aryl methyl sites for hydroxylation is 2. The Morgan fingerprint density at radius 1 is 0.540 bits per heavy atom. The average Bonchev–Trinajstić information content (AvgIpc) is 3.11. The quantitative estimate of drug-likeness (QED) is 0.0482. The van der Waals surface area contributed by atoms with Crippen LogP contribution in [0.1, 0.15) is 168 Å². The zero-order chi connectivity index (χ0) is 36.6. The lowest BCUT2D eigenvalue weighted by molar-refractivity contribution is -0.127. The van der Waals surface area contributed by atoms with Gasteiger partial charge in [0.2, 0.25) is 11.8 Å². The van der Waals surface area contributed by atoms with Gasteiger partial charge < -0.3 is 10.2 Å². The van der Waals surface area contributed by atoms with Gasteiger partial charge in [-0.15, -0.1) is 0 Å². The number of rotatable bonds is 24. The Labute approximate surface area is 299 Å². The molecule has 4 amide bonds. The lowest BCUT2D eigenvalue weighted by Crippen LogP contribution is -2.44. The van der Waals surface area contributed by atoms with E-state index in [0.29, 0.717) is 43.2 Å². The molecule has 0 aromatic heterocycles. The Bertz CT molecular complexity index is 1330. The fourth-order valence-electron chi connectivity index (χ4n) is 6.07. The number of phenolic OH excluding ortho intramolecular Hbond substituents is 2. The first-order valence-electron chi connectivity index (χ1n) is 19.0. The number of amides is 4. The Balaban J connectivity index is 1.87. The predicted octanol–water partition coefficient (Wildman–Crippen LogP) is 8.10. The van der Waals surface area contributed by atoms with Crippen molar-refractivity contribution in [1.29, 1.82) is 0 Å². The monoisotopic (exact) mass is 694 g/mol. The molecule has 1 atom stereocenters. The summed E-state index contributed by atoms with van der Waals surface area (Å²) >= 11 is 0. The van der Waals surface area contributed by atoms with E-state index in [1.165, 1.54) is 25.0 Å². The third kappa shape index (κ3) is 15.6. The first-order valence-corrected chi connectivity index (χ1v) is 19.0. The minimum Gasteiger partial charge on any atom is -0.507 e. The molecule has 278 valence electrons. The van der Waals surface area contributed by atoms with Crippen molar-refractivity contribution in [3.8, 4) is 11.5 Å². The molecule has 2 aromatic rings. The molecule has 2 rings (SSSR count). The van der Waals surface area contributed by atoms with Crippen molar-refractivity contribution in [2.75, 3.05) is 0 Å². The van der Waals surface area contributed by atoms with Crippen molar-refractivity contribution in [3.05, 3.63) is 58.7 Å². The van der Waals surface area contributed by atoms with E-state index in [-0.39, 0.29) is 35.0 Å². The standard InChI is InChI=1S/C40H62N4O6/c1-4-7-10-13-16-21-30-24-18-27-33(36(30)46)39(49)43-41-35(45)29-20-26-32(23-15-12-9-6-3)38(48)42-44-40(50)34-28-19-25-31(37(34)47)22-17-14-11-8-5-2/h18-19,24-25,27-28,32,46-47H,4-17,20-23,26,29H2,1-3H3,(H,41,45)(H,42,48)(H,43,49)(H,44,50). The van der Waals surface area contributed by atoms with Crippen molar-refractivity contribution in [3.63, 3.8) is 0 Å². The van der Waals surface area contributed by atoms with Gasteiger partial charge in [-0.2, -0.15) is 0 Å². The van der Waals surface area contributed by atoms with Crippen LogP contribution in [0, 0.1) is 5.92 Å². The molecular formula is C40H62N4O6. The SMILES string of the molecule is CCCCCCCc1cccc(C(=O)NNC(=O)CCCC(CCCCCC)C(=O)NNC(=O)c2cccc(CCCCCCC)c2O)c1O. The molecular weight excluding hydrogens is 632 g/mol. The molecule has 10 nitrogen and oxygen atoms in total.